The van der Waals surface area contributed by atoms with Gasteiger partial charge in [0.25, 0.3) is 0 Å². The second-order valence-corrected chi connectivity index (χ2v) is 2.43. The SMILES string of the molecule is [Cl-].[Cl-].[H+].[H+].c1ccc(-c2ccccn2)nc1. The molecule has 2 nitrogen and oxygen atoms in total. The van der Waals surface area contributed by atoms with E-state index in [4.69, 9.17) is 0 Å². The van der Waals surface area contributed by atoms with Crippen LogP contribution >= 0.6 is 0 Å². The van der Waals surface area contributed by atoms with Gasteiger partial charge in [-0.1, -0.05) is 12.1 Å². The van der Waals surface area contributed by atoms with Crippen molar-refractivity contribution in [2.45, 2.75) is 0 Å². The summed E-state index contributed by atoms with van der Waals surface area (Å²) < 4.78 is 0. The molecule has 0 amide bonds. The standard InChI is InChI=1S/C10H8N2.2ClH/c1-3-7-11-9(5-1)10-6-2-4-8-12-10;;/h1-8H;2*1H. The molecule has 0 saturated heterocycles. The minimum Gasteiger partial charge on any atom is -1.00 e. The Labute approximate surface area is 98.2 Å². The van der Waals surface area contributed by atoms with E-state index in [1.807, 2.05) is 36.4 Å². The first-order valence-electron chi connectivity index (χ1n) is 3.79. The van der Waals surface area contributed by atoms with Crippen LogP contribution in [-0.2, 0) is 0 Å². The zero-order chi connectivity index (χ0) is 8.23. The van der Waals surface area contributed by atoms with Gasteiger partial charge in [-0.3, -0.25) is 9.97 Å². The smallest absolute Gasteiger partial charge is 1.00 e. The van der Waals surface area contributed by atoms with Gasteiger partial charge in [-0.15, -0.1) is 0 Å². The molecule has 2 aromatic rings. The quantitative estimate of drug-likeness (QED) is 0.504. The Balaban J connectivity index is -0.000000422. The molecular formula is C10H10Cl2N2. The van der Waals surface area contributed by atoms with E-state index in [2.05, 4.69) is 9.97 Å². The third-order valence-corrected chi connectivity index (χ3v) is 1.59. The maximum atomic E-state index is 4.19. The van der Waals surface area contributed by atoms with Crippen LogP contribution in [0.4, 0.5) is 0 Å². The predicted octanol–water partition coefficient (Wildman–Crippen LogP) is -3.62. The number of halogens is 2. The van der Waals surface area contributed by atoms with Gasteiger partial charge in [-0.2, -0.15) is 0 Å². The highest BCUT2D eigenvalue weighted by atomic mass is 35.5. The average Bonchev–Trinajstić information content (AvgIpc) is 2.21. The highest BCUT2D eigenvalue weighted by Crippen LogP contribution is 2.10. The fraction of sp³-hybridized carbons (Fsp3) is 0. The van der Waals surface area contributed by atoms with Gasteiger partial charge >= 0.3 is 2.85 Å². The fourth-order valence-corrected chi connectivity index (χ4v) is 1.03. The third kappa shape index (κ3) is 2.98. The van der Waals surface area contributed by atoms with Crippen LogP contribution in [0, 0.1) is 0 Å². The van der Waals surface area contributed by atoms with Crippen LogP contribution < -0.4 is 24.8 Å². The molecule has 0 bridgehead atoms. The maximum absolute atomic E-state index is 4.19. The molecule has 0 spiro atoms. The van der Waals surface area contributed by atoms with E-state index in [-0.39, 0.29) is 27.7 Å². The van der Waals surface area contributed by atoms with Gasteiger partial charge in [0.2, 0.25) is 0 Å². The highest BCUT2D eigenvalue weighted by Gasteiger charge is 1.95. The first-order chi connectivity index (χ1) is 5.97. The van der Waals surface area contributed by atoms with Crippen LogP contribution in [0.1, 0.15) is 2.85 Å². The van der Waals surface area contributed by atoms with Crippen molar-refractivity contribution in [1.29, 1.82) is 0 Å². The van der Waals surface area contributed by atoms with Crippen molar-refractivity contribution in [1.82, 2.24) is 9.97 Å². The molecule has 0 aliphatic carbocycles. The minimum atomic E-state index is 0. The van der Waals surface area contributed by atoms with Crippen LogP contribution in [0.5, 0.6) is 0 Å². The van der Waals surface area contributed by atoms with E-state index in [9.17, 15) is 0 Å². The van der Waals surface area contributed by atoms with E-state index >= 15 is 0 Å². The van der Waals surface area contributed by atoms with Crippen LogP contribution in [0.25, 0.3) is 11.4 Å². The summed E-state index contributed by atoms with van der Waals surface area (Å²) >= 11 is 0. The van der Waals surface area contributed by atoms with Crippen LogP contribution in [0.15, 0.2) is 48.8 Å². The van der Waals surface area contributed by atoms with Gasteiger partial charge in [-0.25, -0.2) is 0 Å². The summed E-state index contributed by atoms with van der Waals surface area (Å²) in [6.07, 6.45) is 3.54. The molecule has 0 aromatic carbocycles. The van der Waals surface area contributed by atoms with Gasteiger partial charge in [-0.05, 0) is 24.3 Å². The second kappa shape index (κ2) is 6.35. The number of hydrogen-bond donors (Lipinski definition) is 0. The van der Waals surface area contributed by atoms with Crippen LogP contribution in [0.2, 0.25) is 0 Å². The van der Waals surface area contributed by atoms with Crippen molar-refractivity contribution in [3.05, 3.63) is 48.8 Å². The predicted molar refractivity (Wildman–Crippen MR) is 49.7 cm³/mol. The van der Waals surface area contributed by atoms with E-state index < -0.39 is 0 Å². The molecule has 4 heteroatoms. The maximum Gasteiger partial charge on any atom is 1.00 e. The Bertz CT molecular complexity index is 322. The lowest BCUT2D eigenvalue weighted by atomic mass is 10.2. The summed E-state index contributed by atoms with van der Waals surface area (Å²) in [5, 5.41) is 0. The van der Waals surface area contributed by atoms with E-state index in [0.29, 0.717) is 0 Å². The summed E-state index contributed by atoms with van der Waals surface area (Å²) in [6, 6.07) is 11.6. The molecule has 0 aliphatic rings. The third-order valence-electron chi connectivity index (χ3n) is 1.59. The monoisotopic (exact) mass is 228 g/mol. The lowest BCUT2D eigenvalue weighted by Crippen LogP contribution is -3.00. The largest absolute Gasteiger partial charge is 1.00 e. The van der Waals surface area contributed by atoms with Gasteiger partial charge < -0.3 is 24.8 Å². The molecule has 0 N–H and O–H groups in total. The van der Waals surface area contributed by atoms with Gasteiger partial charge in [0, 0.05) is 12.4 Å². The summed E-state index contributed by atoms with van der Waals surface area (Å²) in [6.45, 7) is 0. The molecule has 0 aliphatic heterocycles. The van der Waals surface area contributed by atoms with Crippen LogP contribution in [-0.4, -0.2) is 9.97 Å². The summed E-state index contributed by atoms with van der Waals surface area (Å²) in [7, 11) is 0. The lowest BCUT2D eigenvalue weighted by molar-refractivity contribution is -0.001000. The molecule has 2 aromatic heterocycles. The lowest BCUT2D eigenvalue weighted by Gasteiger charge is -1.96. The Morgan fingerprint density at radius 3 is 1.43 bits per heavy atom. The molecule has 2 rings (SSSR count). The van der Waals surface area contributed by atoms with Crippen molar-refractivity contribution in [3.63, 3.8) is 0 Å². The van der Waals surface area contributed by atoms with Crippen molar-refractivity contribution in [2.24, 2.45) is 0 Å². The molecule has 14 heavy (non-hydrogen) atoms. The van der Waals surface area contributed by atoms with Crippen molar-refractivity contribution in [3.8, 4) is 11.4 Å². The Morgan fingerprint density at radius 2 is 1.14 bits per heavy atom. The average molecular weight is 229 g/mol. The minimum absolute atomic E-state index is 0. The van der Waals surface area contributed by atoms with Crippen molar-refractivity contribution >= 4 is 0 Å². The number of nitrogens with zero attached hydrogens (tertiary/aromatic N) is 2. The zero-order valence-corrected chi connectivity index (χ0v) is 8.78. The first-order valence-corrected chi connectivity index (χ1v) is 3.79. The normalized spacial score (nSPS) is 8.29. The summed E-state index contributed by atoms with van der Waals surface area (Å²) in [4.78, 5) is 8.37. The van der Waals surface area contributed by atoms with Crippen LogP contribution in [0.3, 0.4) is 0 Å². The Hall–Kier alpha value is -1.12. The van der Waals surface area contributed by atoms with Crippen molar-refractivity contribution < 1.29 is 27.7 Å². The number of aromatic nitrogens is 2. The molecule has 0 saturated carbocycles. The topological polar surface area (TPSA) is 25.8 Å². The number of hydrogen-bond acceptors (Lipinski definition) is 2. The molecule has 0 fully saturated rings. The van der Waals surface area contributed by atoms with Gasteiger partial charge in [0.15, 0.2) is 0 Å². The molecular weight excluding hydrogens is 219 g/mol. The molecule has 0 radical (unpaired) electrons. The molecule has 0 unspecified atom stereocenters. The molecule has 74 valence electrons. The summed E-state index contributed by atoms with van der Waals surface area (Å²) in [5.41, 5.74) is 1.83. The first kappa shape index (κ1) is 12.9. The van der Waals surface area contributed by atoms with Gasteiger partial charge in [0.05, 0.1) is 11.4 Å². The summed E-state index contributed by atoms with van der Waals surface area (Å²) in [5.74, 6) is 0. The van der Waals surface area contributed by atoms with E-state index in [0.717, 1.165) is 11.4 Å². The van der Waals surface area contributed by atoms with E-state index in [1.54, 1.807) is 12.4 Å². The fourth-order valence-electron chi connectivity index (χ4n) is 1.03. The number of pyridine rings is 2. The Kier molecular flexibility index (Phi) is 5.84. The zero-order valence-electron chi connectivity index (χ0n) is 9.27. The van der Waals surface area contributed by atoms with Crippen molar-refractivity contribution in [2.75, 3.05) is 0 Å². The highest BCUT2D eigenvalue weighted by molar-refractivity contribution is 5.52. The van der Waals surface area contributed by atoms with Gasteiger partial charge in [0.1, 0.15) is 0 Å². The Morgan fingerprint density at radius 1 is 0.714 bits per heavy atom. The molecule has 2 heterocycles. The second-order valence-electron chi connectivity index (χ2n) is 2.43. The molecule has 0 atom stereocenters. The van der Waals surface area contributed by atoms with E-state index in [1.165, 1.54) is 0 Å². The number of rotatable bonds is 1.